The van der Waals surface area contributed by atoms with Crippen LogP contribution in [0.25, 0.3) is 0 Å². The molecular formula is C13H23N3O4S. The molecule has 0 radical (unpaired) electrons. The molecule has 0 saturated heterocycles. The lowest BCUT2D eigenvalue weighted by Gasteiger charge is -2.10. The molecule has 21 heavy (non-hydrogen) atoms. The lowest BCUT2D eigenvalue weighted by molar-refractivity contribution is 0.0743. The standard InChI is InChI=1S/C13H23N3O4S/c1-4-6-16-9-11(21(14,18)19)8-12(16)13(17)15-5-7-20-10(2)3/h8-10H,4-7H2,1-3H3,(H,15,17)(H2,14,18,19). The van der Waals surface area contributed by atoms with Gasteiger partial charge in [0.25, 0.3) is 5.91 Å². The Kier molecular flexibility index (Phi) is 6.38. The van der Waals surface area contributed by atoms with Gasteiger partial charge in [0, 0.05) is 19.3 Å². The first kappa shape index (κ1) is 17.7. The summed E-state index contributed by atoms with van der Waals surface area (Å²) < 4.78 is 29.7. The van der Waals surface area contributed by atoms with Gasteiger partial charge in [0.2, 0.25) is 10.0 Å². The van der Waals surface area contributed by atoms with Gasteiger partial charge in [0.1, 0.15) is 10.6 Å². The number of nitrogens with two attached hydrogens (primary N) is 1. The van der Waals surface area contributed by atoms with E-state index in [9.17, 15) is 13.2 Å². The SMILES string of the molecule is CCCn1cc(S(N)(=O)=O)cc1C(=O)NCCOC(C)C. The van der Waals surface area contributed by atoms with Gasteiger partial charge in [-0.1, -0.05) is 6.92 Å². The highest BCUT2D eigenvalue weighted by atomic mass is 32.2. The number of sulfonamides is 1. The van der Waals surface area contributed by atoms with Gasteiger partial charge in [0.15, 0.2) is 0 Å². The van der Waals surface area contributed by atoms with Crippen LogP contribution in [0, 0.1) is 0 Å². The van der Waals surface area contributed by atoms with Crippen LogP contribution in [0.2, 0.25) is 0 Å². The molecule has 0 atom stereocenters. The van der Waals surface area contributed by atoms with E-state index < -0.39 is 10.0 Å². The number of hydrogen-bond donors (Lipinski definition) is 2. The Bertz CT molecular complexity index is 578. The molecule has 120 valence electrons. The Balaban J connectivity index is 2.80. The van der Waals surface area contributed by atoms with Crippen molar-refractivity contribution in [3.05, 3.63) is 18.0 Å². The van der Waals surface area contributed by atoms with E-state index in [0.717, 1.165) is 6.42 Å². The van der Waals surface area contributed by atoms with Gasteiger partial charge in [-0.25, -0.2) is 13.6 Å². The van der Waals surface area contributed by atoms with Crippen molar-refractivity contribution in [1.82, 2.24) is 9.88 Å². The summed E-state index contributed by atoms with van der Waals surface area (Å²) in [5.41, 5.74) is 0.283. The van der Waals surface area contributed by atoms with Gasteiger partial charge >= 0.3 is 0 Å². The van der Waals surface area contributed by atoms with Crippen molar-refractivity contribution in [3.8, 4) is 0 Å². The molecule has 1 aromatic rings. The quantitative estimate of drug-likeness (QED) is 0.689. The van der Waals surface area contributed by atoms with Gasteiger partial charge in [0.05, 0.1) is 12.7 Å². The molecule has 0 aromatic carbocycles. The van der Waals surface area contributed by atoms with Crippen LogP contribution < -0.4 is 10.5 Å². The van der Waals surface area contributed by atoms with Crippen LogP contribution >= 0.6 is 0 Å². The van der Waals surface area contributed by atoms with Crippen molar-refractivity contribution in [2.45, 2.75) is 44.7 Å². The average Bonchev–Trinajstić information content (AvgIpc) is 2.78. The molecule has 0 saturated carbocycles. The minimum Gasteiger partial charge on any atom is -0.377 e. The fraction of sp³-hybridized carbons (Fsp3) is 0.615. The number of amides is 1. The molecule has 1 aromatic heterocycles. The predicted octanol–water partition coefficient (Wildman–Crippen LogP) is 0.700. The van der Waals surface area contributed by atoms with Gasteiger partial charge in [-0.15, -0.1) is 0 Å². The molecule has 1 heterocycles. The highest BCUT2D eigenvalue weighted by Gasteiger charge is 2.18. The molecule has 0 aliphatic rings. The maximum atomic E-state index is 12.1. The summed E-state index contributed by atoms with van der Waals surface area (Å²) in [6.45, 7) is 7.06. The minimum atomic E-state index is -3.82. The van der Waals surface area contributed by atoms with E-state index in [-0.39, 0.29) is 22.6 Å². The maximum Gasteiger partial charge on any atom is 0.268 e. The number of aryl methyl sites for hydroxylation is 1. The summed E-state index contributed by atoms with van der Waals surface area (Å²) in [5, 5.41) is 7.79. The summed E-state index contributed by atoms with van der Waals surface area (Å²) in [4.78, 5) is 12.0. The highest BCUT2D eigenvalue weighted by molar-refractivity contribution is 7.89. The van der Waals surface area contributed by atoms with Crippen molar-refractivity contribution in [2.24, 2.45) is 5.14 Å². The summed E-state index contributed by atoms with van der Waals surface area (Å²) in [6.07, 6.45) is 2.26. The molecule has 3 N–H and O–H groups in total. The van der Waals surface area contributed by atoms with Crippen LogP contribution in [0.4, 0.5) is 0 Å². The first-order valence-electron chi connectivity index (χ1n) is 6.88. The number of rotatable bonds is 8. The van der Waals surface area contributed by atoms with Gasteiger partial charge < -0.3 is 14.6 Å². The van der Waals surface area contributed by atoms with E-state index in [0.29, 0.717) is 19.7 Å². The van der Waals surface area contributed by atoms with E-state index in [1.54, 1.807) is 4.57 Å². The first-order chi connectivity index (χ1) is 9.75. The third-order valence-corrected chi connectivity index (χ3v) is 3.62. The number of nitrogens with zero attached hydrogens (tertiary/aromatic N) is 1. The Hall–Kier alpha value is -1.38. The molecule has 0 spiro atoms. The molecule has 1 amide bonds. The summed E-state index contributed by atoms with van der Waals surface area (Å²) in [5.74, 6) is -0.342. The Labute approximate surface area is 125 Å². The predicted molar refractivity (Wildman–Crippen MR) is 79.5 cm³/mol. The summed E-state index contributed by atoms with van der Waals surface area (Å²) in [6, 6.07) is 1.30. The number of carbonyl (C=O) groups excluding carboxylic acids is 1. The molecule has 0 fully saturated rings. The maximum absolute atomic E-state index is 12.1. The number of nitrogens with one attached hydrogen (secondary N) is 1. The van der Waals surface area contributed by atoms with Crippen LogP contribution in [-0.2, 0) is 21.3 Å². The van der Waals surface area contributed by atoms with Gasteiger partial charge in [-0.3, -0.25) is 4.79 Å². The topological polar surface area (TPSA) is 103 Å². The first-order valence-corrected chi connectivity index (χ1v) is 8.43. The van der Waals surface area contributed by atoms with Crippen molar-refractivity contribution in [3.63, 3.8) is 0 Å². The third-order valence-electron chi connectivity index (χ3n) is 2.74. The van der Waals surface area contributed by atoms with E-state index >= 15 is 0 Å². The van der Waals surface area contributed by atoms with Crippen molar-refractivity contribution in [1.29, 1.82) is 0 Å². The second-order valence-electron chi connectivity index (χ2n) is 4.97. The number of carbonyl (C=O) groups is 1. The molecule has 0 bridgehead atoms. The number of primary sulfonamides is 1. The molecular weight excluding hydrogens is 294 g/mol. The Morgan fingerprint density at radius 2 is 2.14 bits per heavy atom. The van der Waals surface area contributed by atoms with Crippen LogP contribution in [0.3, 0.4) is 0 Å². The van der Waals surface area contributed by atoms with Crippen LogP contribution in [-0.4, -0.2) is 38.1 Å². The normalized spacial score (nSPS) is 11.9. The lowest BCUT2D eigenvalue weighted by Crippen LogP contribution is -2.29. The molecule has 8 heteroatoms. The van der Waals surface area contributed by atoms with E-state index in [1.165, 1.54) is 12.3 Å². The van der Waals surface area contributed by atoms with Crippen molar-refractivity contribution < 1.29 is 17.9 Å². The molecule has 0 aliphatic carbocycles. The summed E-state index contributed by atoms with van der Waals surface area (Å²) >= 11 is 0. The Morgan fingerprint density at radius 3 is 2.67 bits per heavy atom. The zero-order valence-electron chi connectivity index (χ0n) is 12.6. The fourth-order valence-electron chi connectivity index (χ4n) is 1.81. The van der Waals surface area contributed by atoms with Crippen molar-refractivity contribution >= 4 is 15.9 Å². The fourth-order valence-corrected chi connectivity index (χ4v) is 2.36. The van der Waals surface area contributed by atoms with Gasteiger partial charge in [-0.2, -0.15) is 0 Å². The van der Waals surface area contributed by atoms with Crippen LogP contribution in [0.1, 0.15) is 37.7 Å². The monoisotopic (exact) mass is 317 g/mol. The van der Waals surface area contributed by atoms with Crippen molar-refractivity contribution in [2.75, 3.05) is 13.2 Å². The van der Waals surface area contributed by atoms with Crippen LogP contribution in [0.15, 0.2) is 17.2 Å². The minimum absolute atomic E-state index is 0.0560. The number of aromatic nitrogens is 1. The molecule has 1 rings (SSSR count). The average molecular weight is 317 g/mol. The molecule has 7 nitrogen and oxygen atoms in total. The van der Waals surface area contributed by atoms with Crippen LogP contribution in [0.5, 0.6) is 0 Å². The smallest absolute Gasteiger partial charge is 0.268 e. The summed E-state index contributed by atoms with van der Waals surface area (Å²) in [7, 11) is -3.82. The van der Waals surface area contributed by atoms with E-state index in [4.69, 9.17) is 9.88 Å². The largest absolute Gasteiger partial charge is 0.377 e. The van der Waals surface area contributed by atoms with E-state index in [1.807, 2.05) is 20.8 Å². The number of hydrogen-bond acceptors (Lipinski definition) is 4. The molecule has 0 aliphatic heterocycles. The third kappa shape index (κ3) is 5.49. The Morgan fingerprint density at radius 1 is 1.48 bits per heavy atom. The highest BCUT2D eigenvalue weighted by Crippen LogP contribution is 2.13. The van der Waals surface area contributed by atoms with E-state index in [2.05, 4.69) is 5.32 Å². The zero-order valence-corrected chi connectivity index (χ0v) is 13.4. The second-order valence-corrected chi connectivity index (χ2v) is 6.54. The lowest BCUT2D eigenvalue weighted by atomic mass is 10.3. The number of ether oxygens (including phenoxy) is 1. The molecule has 0 unspecified atom stereocenters. The zero-order chi connectivity index (χ0) is 16.0. The second kappa shape index (κ2) is 7.58. The van der Waals surface area contributed by atoms with Gasteiger partial charge in [-0.05, 0) is 26.3 Å².